The average Bonchev–Trinajstić information content (AvgIpc) is 2.67. The minimum atomic E-state index is -0.121. The smallest absolute Gasteiger partial charge is 0.305 e. The van der Waals surface area contributed by atoms with E-state index in [2.05, 4.69) is 57.2 Å². The average molecular weight is 487 g/mol. The van der Waals surface area contributed by atoms with Gasteiger partial charge in [0.05, 0.1) is 7.11 Å². The first-order chi connectivity index (χ1) is 12.7. The predicted octanol–water partition coefficient (Wildman–Crippen LogP) is 4.04. The van der Waals surface area contributed by atoms with Gasteiger partial charge in [-0.25, -0.2) is 0 Å². The fourth-order valence-electron chi connectivity index (χ4n) is 3.74. The monoisotopic (exact) mass is 487 g/mol. The molecule has 1 aliphatic heterocycles. The van der Waals surface area contributed by atoms with Crippen molar-refractivity contribution in [3.05, 3.63) is 35.9 Å². The molecule has 2 atom stereocenters. The van der Waals surface area contributed by atoms with Crippen LogP contribution in [0.2, 0.25) is 0 Å². The van der Waals surface area contributed by atoms with Gasteiger partial charge < -0.3 is 15.0 Å². The van der Waals surface area contributed by atoms with Crippen LogP contribution in [0.3, 0.4) is 0 Å². The van der Waals surface area contributed by atoms with Gasteiger partial charge in [0.25, 0.3) is 0 Å². The molecule has 1 aromatic rings. The zero-order valence-electron chi connectivity index (χ0n) is 16.8. The molecule has 0 spiro atoms. The number of benzene rings is 1. The molecule has 2 unspecified atom stereocenters. The van der Waals surface area contributed by atoms with E-state index >= 15 is 0 Å². The number of methoxy groups -OCH3 is 1. The lowest BCUT2D eigenvalue weighted by atomic mass is 9.82. The number of likely N-dealkylation sites (tertiary alicyclic amines) is 1. The van der Waals surface area contributed by atoms with Crippen LogP contribution >= 0.6 is 24.0 Å². The lowest BCUT2D eigenvalue weighted by molar-refractivity contribution is -0.140. The summed E-state index contributed by atoms with van der Waals surface area (Å²) < 4.78 is 4.66. The van der Waals surface area contributed by atoms with Gasteiger partial charge >= 0.3 is 5.97 Å². The number of unbranched alkanes of at least 4 members (excludes halogenated alkanes) is 2. The fraction of sp³-hybridized carbons (Fsp3) is 0.619. The van der Waals surface area contributed by atoms with Crippen molar-refractivity contribution in [1.29, 1.82) is 0 Å². The van der Waals surface area contributed by atoms with Crippen LogP contribution in [0.1, 0.15) is 50.5 Å². The van der Waals surface area contributed by atoms with Crippen molar-refractivity contribution in [1.82, 2.24) is 10.2 Å². The van der Waals surface area contributed by atoms with Crippen LogP contribution in [0.15, 0.2) is 35.3 Å². The molecular formula is C21H34IN3O2. The molecule has 27 heavy (non-hydrogen) atoms. The van der Waals surface area contributed by atoms with Crippen molar-refractivity contribution in [3.8, 4) is 0 Å². The number of carbonyl (C=O) groups is 1. The molecule has 1 aliphatic rings. The number of piperidine rings is 1. The topological polar surface area (TPSA) is 53.9 Å². The Bertz CT molecular complexity index is 580. The second-order valence-electron chi connectivity index (χ2n) is 7.09. The van der Waals surface area contributed by atoms with Gasteiger partial charge in [-0.2, -0.15) is 0 Å². The number of ether oxygens (including phenoxy) is 1. The van der Waals surface area contributed by atoms with E-state index in [9.17, 15) is 4.79 Å². The van der Waals surface area contributed by atoms with Gasteiger partial charge in [0.1, 0.15) is 0 Å². The van der Waals surface area contributed by atoms with Gasteiger partial charge in [-0.3, -0.25) is 9.79 Å². The van der Waals surface area contributed by atoms with Crippen molar-refractivity contribution >= 4 is 35.9 Å². The van der Waals surface area contributed by atoms with Crippen LogP contribution in [0, 0.1) is 5.92 Å². The number of halogens is 1. The molecule has 1 fully saturated rings. The summed E-state index contributed by atoms with van der Waals surface area (Å²) >= 11 is 0. The SMILES string of the molecule is CN=C(NCCCCCC(=O)OC)N1CCC(c2ccccc2)C(C)C1.I. The van der Waals surface area contributed by atoms with Crippen molar-refractivity contribution in [2.45, 2.75) is 44.9 Å². The number of rotatable bonds is 7. The van der Waals surface area contributed by atoms with E-state index in [1.54, 1.807) is 0 Å². The molecule has 0 aliphatic carbocycles. The maximum Gasteiger partial charge on any atom is 0.305 e. The van der Waals surface area contributed by atoms with Crippen LogP contribution in [0.4, 0.5) is 0 Å². The number of hydrogen-bond acceptors (Lipinski definition) is 3. The Labute approximate surface area is 181 Å². The predicted molar refractivity (Wildman–Crippen MR) is 122 cm³/mol. The van der Waals surface area contributed by atoms with Gasteiger partial charge in [-0.05, 0) is 36.7 Å². The number of nitrogens with one attached hydrogen (secondary N) is 1. The highest BCUT2D eigenvalue weighted by atomic mass is 127. The molecule has 0 aromatic heterocycles. The van der Waals surface area contributed by atoms with Crippen LogP contribution in [0.25, 0.3) is 0 Å². The molecule has 1 heterocycles. The second kappa shape index (κ2) is 13.0. The molecule has 0 bridgehead atoms. The lowest BCUT2D eigenvalue weighted by Gasteiger charge is -2.39. The van der Waals surface area contributed by atoms with Crippen LogP contribution in [-0.2, 0) is 9.53 Å². The quantitative estimate of drug-likeness (QED) is 0.208. The molecule has 0 saturated carbocycles. The maximum absolute atomic E-state index is 11.1. The molecule has 1 aromatic carbocycles. The van der Waals surface area contributed by atoms with E-state index < -0.39 is 0 Å². The van der Waals surface area contributed by atoms with Crippen molar-refractivity contribution < 1.29 is 9.53 Å². The Kier molecular flexibility index (Phi) is 11.4. The second-order valence-corrected chi connectivity index (χ2v) is 7.09. The third-order valence-electron chi connectivity index (χ3n) is 5.21. The zero-order chi connectivity index (χ0) is 18.8. The first kappa shape index (κ1) is 23.7. The first-order valence-electron chi connectivity index (χ1n) is 9.73. The highest BCUT2D eigenvalue weighted by Gasteiger charge is 2.28. The fourth-order valence-corrected chi connectivity index (χ4v) is 3.74. The van der Waals surface area contributed by atoms with Gasteiger partial charge in [0.15, 0.2) is 5.96 Å². The number of hydrogen-bond donors (Lipinski definition) is 1. The molecular weight excluding hydrogens is 453 g/mol. The molecule has 6 heteroatoms. The minimum absolute atomic E-state index is 0. The Morgan fingerprint density at radius 2 is 2.00 bits per heavy atom. The number of carbonyl (C=O) groups excluding carboxylic acids is 1. The summed E-state index contributed by atoms with van der Waals surface area (Å²) in [6.07, 6.45) is 4.60. The molecule has 1 saturated heterocycles. The van der Waals surface area contributed by atoms with E-state index in [4.69, 9.17) is 0 Å². The summed E-state index contributed by atoms with van der Waals surface area (Å²) in [6, 6.07) is 10.8. The Balaban J connectivity index is 0.00000364. The van der Waals surface area contributed by atoms with Crippen molar-refractivity contribution in [3.63, 3.8) is 0 Å². The summed E-state index contributed by atoms with van der Waals surface area (Å²) in [6.45, 7) is 5.29. The largest absolute Gasteiger partial charge is 0.469 e. The number of aliphatic imine (C=N–C) groups is 1. The number of nitrogens with zero attached hydrogens (tertiary/aromatic N) is 2. The van der Waals surface area contributed by atoms with Gasteiger partial charge in [0.2, 0.25) is 0 Å². The molecule has 1 N–H and O–H groups in total. The van der Waals surface area contributed by atoms with Gasteiger partial charge in [-0.15, -0.1) is 24.0 Å². The third kappa shape index (κ3) is 7.68. The van der Waals surface area contributed by atoms with E-state index in [0.717, 1.165) is 51.3 Å². The summed E-state index contributed by atoms with van der Waals surface area (Å²) in [5.41, 5.74) is 1.45. The minimum Gasteiger partial charge on any atom is -0.469 e. The summed E-state index contributed by atoms with van der Waals surface area (Å²) in [5, 5.41) is 3.48. The van der Waals surface area contributed by atoms with E-state index in [0.29, 0.717) is 18.3 Å². The van der Waals surface area contributed by atoms with Crippen molar-refractivity contribution in [2.24, 2.45) is 10.9 Å². The molecule has 152 valence electrons. The normalized spacial score (nSPS) is 20.0. The maximum atomic E-state index is 11.1. The Morgan fingerprint density at radius 1 is 1.26 bits per heavy atom. The number of guanidine groups is 1. The van der Waals surface area contributed by atoms with Crippen LogP contribution in [-0.4, -0.2) is 50.6 Å². The van der Waals surface area contributed by atoms with E-state index in [1.807, 2.05) is 7.05 Å². The Morgan fingerprint density at radius 3 is 2.63 bits per heavy atom. The third-order valence-corrected chi connectivity index (χ3v) is 5.21. The molecule has 5 nitrogen and oxygen atoms in total. The van der Waals surface area contributed by atoms with E-state index in [1.165, 1.54) is 12.7 Å². The lowest BCUT2D eigenvalue weighted by Crippen LogP contribution is -2.48. The number of esters is 1. The summed E-state index contributed by atoms with van der Waals surface area (Å²) in [4.78, 5) is 17.9. The Hall–Kier alpha value is -1.31. The van der Waals surface area contributed by atoms with Gasteiger partial charge in [-0.1, -0.05) is 43.7 Å². The molecule has 2 rings (SSSR count). The first-order valence-corrected chi connectivity index (χ1v) is 9.73. The van der Waals surface area contributed by atoms with Crippen LogP contribution < -0.4 is 5.32 Å². The molecule has 0 amide bonds. The van der Waals surface area contributed by atoms with Crippen molar-refractivity contribution in [2.75, 3.05) is 33.8 Å². The molecule has 0 radical (unpaired) electrons. The van der Waals surface area contributed by atoms with Gasteiger partial charge in [0, 0.05) is 33.1 Å². The zero-order valence-corrected chi connectivity index (χ0v) is 19.1. The summed E-state index contributed by atoms with van der Waals surface area (Å²) in [5.74, 6) is 2.11. The highest BCUT2D eigenvalue weighted by Crippen LogP contribution is 2.32. The van der Waals surface area contributed by atoms with E-state index in [-0.39, 0.29) is 29.9 Å². The highest BCUT2D eigenvalue weighted by molar-refractivity contribution is 14.0. The van der Waals surface area contributed by atoms with Crippen LogP contribution in [0.5, 0.6) is 0 Å². The standard InChI is InChI=1S/C21H33N3O2.HI/c1-17-16-24(15-13-19(17)18-10-6-4-7-11-18)21(22-2)23-14-9-5-8-12-20(25)26-3;/h4,6-7,10-11,17,19H,5,8-9,12-16H2,1-3H3,(H,22,23);1H. The summed E-state index contributed by atoms with van der Waals surface area (Å²) in [7, 11) is 3.30.